The topological polar surface area (TPSA) is 67.8 Å². The minimum atomic E-state index is -0.678. The summed E-state index contributed by atoms with van der Waals surface area (Å²) in [4.78, 5) is 25.2. The first kappa shape index (κ1) is 17.2. The number of halogens is 1. The van der Waals surface area contributed by atoms with Gasteiger partial charge < -0.3 is 4.74 Å². The molecule has 128 valence electrons. The largest absolute Gasteiger partial charge is 0.461 e. The first-order chi connectivity index (χ1) is 12.1. The predicted octanol–water partition coefficient (Wildman–Crippen LogP) is 3.20. The number of nitrogens with zero attached hydrogens (tertiary/aromatic N) is 1. The summed E-state index contributed by atoms with van der Waals surface area (Å²) in [5, 5.41) is 4.66. The Labute approximate surface area is 150 Å². The highest BCUT2D eigenvalue weighted by Gasteiger charge is 2.41. The number of ether oxygens (including phenoxy) is 1. The summed E-state index contributed by atoms with van der Waals surface area (Å²) in [6, 6.07) is 15.3. The second-order valence-electron chi connectivity index (χ2n) is 5.58. The number of carbonyl (C=O) groups is 2. The van der Waals surface area contributed by atoms with Crippen LogP contribution in [0, 0.1) is 0 Å². The third-order valence-electron chi connectivity index (χ3n) is 4.01. The van der Waals surface area contributed by atoms with Gasteiger partial charge in [0.2, 0.25) is 0 Å². The normalized spacial score (nSPS) is 19.0. The summed E-state index contributed by atoms with van der Waals surface area (Å²) < 4.78 is 5.09. The number of ketones is 1. The van der Waals surface area contributed by atoms with Crippen molar-refractivity contribution in [1.82, 2.24) is 5.43 Å². The Kier molecular flexibility index (Phi) is 5.14. The molecule has 0 aromatic heterocycles. The van der Waals surface area contributed by atoms with Crippen molar-refractivity contribution in [3.05, 3.63) is 70.7 Å². The summed E-state index contributed by atoms with van der Waals surface area (Å²) in [7, 11) is 0. The maximum Gasteiger partial charge on any atom is 0.355 e. The highest BCUT2D eigenvalue weighted by atomic mass is 35.5. The lowest BCUT2D eigenvalue weighted by Crippen LogP contribution is -2.37. The quantitative estimate of drug-likeness (QED) is 0.660. The van der Waals surface area contributed by atoms with Crippen LogP contribution in [0.15, 0.2) is 59.7 Å². The fourth-order valence-corrected chi connectivity index (χ4v) is 2.96. The Morgan fingerprint density at radius 3 is 2.44 bits per heavy atom. The number of carbonyl (C=O) groups excluding carboxylic acids is 2. The molecule has 6 heteroatoms. The highest BCUT2D eigenvalue weighted by molar-refractivity contribution is 6.40. The van der Waals surface area contributed by atoms with Gasteiger partial charge in [-0.05, 0) is 36.8 Å². The van der Waals surface area contributed by atoms with Crippen LogP contribution in [0.3, 0.4) is 0 Å². The summed E-state index contributed by atoms with van der Waals surface area (Å²) in [5.41, 5.74) is 4.35. The average molecular weight is 357 g/mol. The molecule has 2 aromatic rings. The zero-order chi connectivity index (χ0) is 17.8. The number of nitrogens with one attached hydrogen (secondary N) is 1. The molecule has 0 fully saturated rings. The van der Waals surface area contributed by atoms with Crippen LogP contribution in [0.25, 0.3) is 0 Å². The zero-order valence-corrected chi connectivity index (χ0v) is 14.4. The zero-order valence-electron chi connectivity index (χ0n) is 13.6. The van der Waals surface area contributed by atoms with E-state index < -0.39 is 17.9 Å². The smallest absolute Gasteiger partial charge is 0.355 e. The van der Waals surface area contributed by atoms with Gasteiger partial charge in [0.15, 0.2) is 11.5 Å². The van der Waals surface area contributed by atoms with Gasteiger partial charge in [-0.25, -0.2) is 4.79 Å². The Morgan fingerprint density at radius 1 is 1.12 bits per heavy atom. The molecule has 0 spiro atoms. The predicted molar refractivity (Wildman–Crippen MR) is 96.0 cm³/mol. The molecule has 0 saturated carbocycles. The van der Waals surface area contributed by atoms with Crippen LogP contribution in [0.1, 0.15) is 28.8 Å². The second kappa shape index (κ2) is 7.49. The monoisotopic (exact) mass is 356 g/mol. The number of Topliss-reactive ketones (excluding diaryl/α,β-unsaturated/α-hetero) is 1. The van der Waals surface area contributed by atoms with Crippen molar-refractivity contribution in [2.75, 3.05) is 6.61 Å². The van der Waals surface area contributed by atoms with Gasteiger partial charge in [0.25, 0.3) is 0 Å². The van der Waals surface area contributed by atoms with E-state index in [9.17, 15) is 9.59 Å². The van der Waals surface area contributed by atoms with E-state index in [-0.39, 0.29) is 18.1 Å². The Balaban J connectivity index is 1.94. The Hall–Kier alpha value is -2.66. The summed E-state index contributed by atoms with van der Waals surface area (Å²) in [6.07, 6.45) is 0. The van der Waals surface area contributed by atoms with Gasteiger partial charge in [0.1, 0.15) is 6.04 Å². The molecule has 0 bridgehead atoms. The van der Waals surface area contributed by atoms with Crippen LogP contribution in [-0.4, -0.2) is 30.1 Å². The van der Waals surface area contributed by atoms with E-state index >= 15 is 0 Å². The third kappa shape index (κ3) is 3.56. The molecule has 3 rings (SSSR count). The second-order valence-corrected chi connectivity index (χ2v) is 6.02. The highest BCUT2D eigenvalue weighted by Crippen LogP contribution is 2.29. The average Bonchev–Trinajstić information content (AvgIpc) is 3.08. The lowest BCUT2D eigenvalue weighted by Gasteiger charge is -2.19. The first-order valence-electron chi connectivity index (χ1n) is 7.96. The van der Waals surface area contributed by atoms with Crippen LogP contribution >= 0.6 is 11.6 Å². The van der Waals surface area contributed by atoms with Crippen LogP contribution in [0.5, 0.6) is 0 Å². The van der Waals surface area contributed by atoms with E-state index in [1.807, 2.05) is 30.3 Å². The standard InChI is InChI=1S/C19H17ClN2O3/c1-2-25-19(24)17-15(12-6-4-3-5-7-12)16(21-22-17)18(23)13-8-10-14(20)11-9-13/h3-11,15-16,21H,2H2,1H3/t15-,16-/m1/s1. The van der Waals surface area contributed by atoms with Crippen molar-refractivity contribution in [3.8, 4) is 0 Å². The van der Waals surface area contributed by atoms with Crippen molar-refractivity contribution < 1.29 is 14.3 Å². The van der Waals surface area contributed by atoms with Crippen molar-refractivity contribution in [3.63, 3.8) is 0 Å². The van der Waals surface area contributed by atoms with Gasteiger partial charge in [0.05, 0.1) is 12.5 Å². The van der Waals surface area contributed by atoms with E-state index in [0.717, 1.165) is 5.56 Å². The van der Waals surface area contributed by atoms with Crippen molar-refractivity contribution in [1.29, 1.82) is 0 Å². The number of hydrazone groups is 1. The van der Waals surface area contributed by atoms with Gasteiger partial charge in [-0.3, -0.25) is 10.2 Å². The lowest BCUT2D eigenvalue weighted by atomic mass is 9.84. The maximum atomic E-state index is 12.9. The molecule has 5 nitrogen and oxygen atoms in total. The van der Waals surface area contributed by atoms with Gasteiger partial charge in [0, 0.05) is 10.6 Å². The molecule has 1 aliphatic rings. The molecule has 1 aliphatic heterocycles. The van der Waals surface area contributed by atoms with Crippen LogP contribution in [0.2, 0.25) is 5.02 Å². The van der Waals surface area contributed by atoms with Gasteiger partial charge >= 0.3 is 5.97 Å². The SMILES string of the molecule is CCOC(=O)C1=NN[C@@H](C(=O)c2ccc(Cl)cc2)[C@H]1c1ccccc1. The van der Waals surface area contributed by atoms with Crippen LogP contribution < -0.4 is 5.43 Å². The van der Waals surface area contributed by atoms with Crippen molar-refractivity contribution in [2.45, 2.75) is 18.9 Å². The lowest BCUT2D eigenvalue weighted by molar-refractivity contribution is -0.135. The van der Waals surface area contributed by atoms with Crippen LogP contribution in [0.4, 0.5) is 0 Å². The molecule has 0 radical (unpaired) electrons. The van der Waals surface area contributed by atoms with Gasteiger partial charge in [-0.1, -0.05) is 41.9 Å². The van der Waals surface area contributed by atoms with Crippen molar-refractivity contribution in [2.24, 2.45) is 5.10 Å². The maximum absolute atomic E-state index is 12.9. The van der Waals surface area contributed by atoms with E-state index in [0.29, 0.717) is 10.6 Å². The molecule has 25 heavy (non-hydrogen) atoms. The number of benzene rings is 2. The summed E-state index contributed by atoms with van der Waals surface area (Å²) in [5.74, 6) is -1.19. The molecular weight excluding hydrogens is 340 g/mol. The minimum absolute atomic E-state index is 0.159. The fraction of sp³-hybridized carbons (Fsp3) is 0.211. The molecule has 0 aliphatic carbocycles. The van der Waals surface area contributed by atoms with Crippen LogP contribution in [-0.2, 0) is 9.53 Å². The van der Waals surface area contributed by atoms with E-state index in [1.54, 1.807) is 31.2 Å². The van der Waals surface area contributed by atoms with E-state index in [4.69, 9.17) is 16.3 Å². The summed E-state index contributed by atoms with van der Waals surface area (Å²) in [6.45, 7) is 1.98. The van der Waals surface area contributed by atoms with Gasteiger partial charge in [-0.15, -0.1) is 0 Å². The first-order valence-corrected chi connectivity index (χ1v) is 8.34. The number of esters is 1. The minimum Gasteiger partial charge on any atom is -0.461 e. The Morgan fingerprint density at radius 2 is 1.80 bits per heavy atom. The number of rotatable bonds is 5. The Bertz CT molecular complexity index is 803. The number of hydrogen-bond donors (Lipinski definition) is 1. The molecule has 0 saturated heterocycles. The number of hydrogen-bond acceptors (Lipinski definition) is 5. The van der Waals surface area contributed by atoms with Gasteiger partial charge in [-0.2, -0.15) is 5.10 Å². The third-order valence-corrected chi connectivity index (χ3v) is 4.26. The van der Waals surface area contributed by atoms with E-state index in [2.05, 4.69) is 10.5 Å². The molecule has 2 aromatic carbocycles. The molecule has 0 amide bonds. The molecule has 1 N–H and O–H groups in total. The van der Waals surface area contributed by atoms with Crippen molar-refractivity contribution >= 4 is 29.1 Å². The molecular formula is C19H17ClN2O3. The molecule has 2 atom stereocenters. The summed E-state index contributed by atoms with van der Waals surface area (Å²) >= 11 is 5.89. The fourth-order valence-electron chi connectivity index (χ4n) is 2.83. The molecule has 1 heterocycles. The molecule has 0 unspecified atom stereocenters. The van der Waals surface area contributed by atoms with E-state index in [1.165, 1.54) is 0 Å².